The molecule has 8 nitrogen and oxygen atoms in total. The van der Waals surface area contributed by atoms with Crippen LogP contribution in [0, 0.1) is 6.92 Å². The number of H-pyrrole nitrogens is 1. The van der Waals surface area contributed by atoms with Crippen molar-refractivity contribution in [3.05, 3.63) is 66.4 Å². The zero-order valence-electron chi connectivity index (χ0n) is 20.0. The zero-order valence-corrected chi connectivity index (χ0v) is 20.0. The highest BCUT2D eigenvalue weighted by atomic mass is 16.5. The number of imidazole rings is 1. The Kier molecular flexibility index (Phi) is 4.72. The van der Waals surface area contributed by atoms with Gasteiger partial charge in [0.2, 0.25) is 0 Å². The van der Waals surface area contributed by atoms with Gasteiger partial charge in [0.05, 0.1) is 46.8 Å². The molecule has 0 aliphatic heterocycles. The van der Waals surface area contributed by atoms with Crippen LogP contribution in [-0.2, 0) is 6.54 Å². The molecule has 7 rings (SSSR count). The quantitative estimate of drug-likeness (QED) is 0.331. The second-order valence-corrected chi connectivity index (χ2v) is 9.94. The predicted octanol–water partition coefficient (Wildman–Crippen LogP) is 5.56. The fraction of sp³-hybridized carbons (Fsp3) is 0.286. The highest BCUT2D eigenvalue weighted by Gasteiger charge is 2.40. The van der Waals surface area contributed by atoms with Crippen molar-refractivity contribution in [3.63, 3.8) is 0 Å². The van der Waals surface area contributed by atoms with Crippen LogP contribution in [0.3, 0.4) is 0 Å². The Morgan fingerprint density at radius 1 is 1.11 bits per heavy atom. The topological polar surface area (TPSA) is 102 Å². The van der Waals surface area contributed by atoms with E-state index in [1.165, 1.54) is 5.57 Å². The van der Waals surface area contributed by atoms with Crippen molar-refractivity contribution < 1.29 is 9.84 Å². The molecule has 2 aliphatic rings. The molecule has 0 atom stereocenters. The number of fused-ring (bicyclic) bond motifs is 2. The third kappa shape index (κ3) is 3.83. The number of hydrogen-bond donors (Lipinski definition) is 2. The lowest BCUT2D eigenvalue weighted by molar-refractivity contribution is 0.125. The van der Waals surface area contributed by atoms with E-state index >= 15 is 0 Å². The van der Waals surface area contributed by atoms with Gasteiger partial charge in [0.15, 0.2) is 0 Å². The minimum absolute atomic E-state index is 0.504. The summed E-state index contributed by atoms with van der Waals surface area (Å²) >= 11 is 0. The number of aryl methyl sites for hydroxylation is 1. The van der Waals surface area contributed by atoms with E-state index in [0.29, 0.717) is 6.54 Å². The van der Waals surface area contributed by atoms with E-state index in [4.69, 9.17) is 14.7 Å². The van der Waals surface area contributed by atoms with Gasteiger partial charge in [-0.1, -0.05) is 6.08 Å². The molecule has 5 aromatic rings. The molecule has 36 heavy (non-hydrogen) atoms. The SMILES string of the molecule is Cc1nc2ccc(Oc3ccc4ncc(-c5cnn(CC6(O)CC6)c5)nc4c3C3=CCCC3)cc2[nH]1. The molecule has 2 aromatic carbocycles. The maximum atomic E-state index is 10.3. The van der Waals surface area contributed by atoms with Crippen molar-refractivity contribution in [3.8, 4) is 22.8 Å². The van der Waals surface area contributed by atoms with Crippen molar-refractivity contribution in [2.75, 3.05) is 0 Å². The van der Waals surface area contributed by atoms with Crippen LogP contribution in [0.2, 0.25) is 0 Å². The van der Waals surface area contributed by atoms with Gasteiger partial charge >= 0.3 is 0 Å². The Morgan fingerprint density at radius 3 is 2.83 bits per heavy atom. The normalized spacial score (nSPS) is 16.6. The highest BCUT2D eigenvalue weighted by Crippen LogP contribution is 2.41. The summed E-state index contributed by atoms with van der Waals surface area (Å²) in [6.45, 7) is 2.45. The van der Waals surface area contributed by atoms with Crippen LogP contribution in [0.15, 0.2) is 55.0 Å². The van der Waals surface area contributed by atoms with E-state index in [0.717, 1.165) is 88.3 Å². The summed E-state index contributed by atoms with van der Waals surface area (Å²) in [6, 6.07) is 9.85. The maximum Gasteiger partial charge on any atom is 0.137 e. The lowest BCUT2D eigenvalue weighted by atomic mass is 10.0. The lowest BCUT2D eigenvalue weighted by Gasteiger charge is -2.15. The summed E-state index contributed by atoms with van der Waals surface area (Å²) < 4.78 is 8.25. The number of nitrogens with zero attached hydrogens (tertiary/aromatic N) is 5. The molecule has 1 fully saturated rings. The highest BCUT2D eigenvalue weighted by molar-refractivity contribution is 5.93. The van der Waals surface area contributed by atoms with Gasteiger partial charge < -0.3 is 14.8 Å². The molecule has 3 heterocycles. The zero-order chi connectivity index (χ0) is 24.3. The summed E-state index contributed by atoms with van der Waals surface area (Å²) in [5, 5.41) is 14.7. The van der Waals surface area contributed by atoms with Gasteiger partial charge in [-0.2, -0.15) is 5.10 Å². The third-order valence-corrected chi connectivity index (χ3v) is 7.05. The van der Waals surface area contributed by atoms with E-state index in [-0.39, 0.29) is 0 Å². The molecular formula is C28H26N6O2. The summed E-state index contributed by atoms with van der Waals surface area (Å²) in [4.78, 5) is 17.6. The van der Waals surface area contributed by atoms with Crippen LogP contribution in [0.25, 0.3) is 38.9 Å². The summed E-state index contributed by atoms with van der Waals surface area (Å²) in [7, 11) is 0. The van der Waals surface area contributed by atoms with Crippen LogP contribution in [0.4, 0.5) is 0 Å². The molecule has 0 radical (unpaired) electrons. The van der Waals surface area contributed by atoms with Crippen LogP contribution >= 0.6 is 0 Å². The molecule has 3 aromatic heterocycles. The first-order valence-corrected chi connectivity index (χ1v) is 12.4. The Bertz CT molecular complexity index is 1660. The summed E-state index contributed by atoms with van der Waals surface area (Å²) in [5.74, 6) is 2.39. The van der Waals surface area contributed by atoms with Gasteiger partial charge in [-0.05, 0) is 68.9 Å². The van der Waals surface area contributed by atoms with Crippen LogP contribution in [0.1, 0.15) is 43.5 Å². The third-order valence-electron chi connectivity index (χ3n) is 7.05. The van der Waals surface area contributed by atoms with E-state index < -0.39 is 5.60 Å². The number of aromatic amines is 1. The minimum Gasteiger partial charge on any atom is -0.457 e. The average Bonchev–Trinajstić information content (AvgIpc) is 3.29. The van der Waals surface area contributed by atoms with Crippen molar-refractivity contribution in [2.45, 2.75) is 51.2 Å². The van der Waals surface area contributed by atoms with Gasteiger partial charge in [0.1, 0.15) is 22.8 Å². The monoisotopic (exact) mass is 478 g/mol. The standard InChI is InChI=1S/C28H26N6O2/c1-17-31-21-7-6-20(12-23(21)32-17)36-25-9-8-22-27(26(25)18-4-2-3-5-18)33-24(14-29-22)19-13-30-34(15-19)16-28(35)10-11-28/h4,6-9,12-15,35H,2-3,5,10-11,16H2,1H3,(H,31,32). The number of aliphatic hydroxyl groups is 1. The first kappa shape index (κ1) is 21.3. The molecule has 1 saturated carbocycles. The van der Waals surface area contributed by atoms with Crippen molar-refractivity contribution in [1.29, 1.82) is 0 Å². The van der Waals surface area contributed by atoms with E-state index in [1.807, 2.05) is 43.5 Å². The predicted molar refractivity (Wildman–Crippen MR) is 138 cm³/mol. The Morgan fingerprint density at radius 2 is 2.00 bits per heavy atom. The van der Waals surface area contributed by atoms with Crippen molar-refractivity contribution in [1.82, 2.24) is 29.7 Å². The summed E-state index contributed by atoms with van der Waals surface area (Å²) in [6.07, 6.45) is 12.6. The van der Waals surface area contributed by atoms with Crippen LogP contribution < -0.4 is 4.74 Å². The van der Waals surface area contributed by atoms with Gasteiger partial charge in [-0.15, -0.1) is 0 Å². The Balaban J connectivity index is 1.31. The largest absolute Gasteiger partial charge is 0.457 e. The smallest absolute Gasteiger partial charge is 0.137 e. The molecule has 180 valence electrons. The van der Waals surface area contributed by atoms with E-state index in [9.17, 15) is 5.11 Å². The number of aromatic nitrogens is 6. The fourth-order valence-corrected chi connectivity index (χ4v) is 4.98. The number of benzene rings is 2. The van der Waals surface area contributed by atoms with Gasteiger partial charge in [-0.3, -0.25) is 9.67 Å². The minimum atomic E-state index is -0.607. The Hall–Kier alpha value is -4.04. The van der Waals surface area contributed by atoms with Crippen molar-refractivity contribution >= 4 is 27.6 Å². The molecule has 8 heteroatoms. The Labute approximate surface area is 207 Å². The number of ether oxygens (including phenoxy) is 1. The van der Waals surface area contributed by atoms with Crippen molar-refractivity contribution in [2.24, 2.45) is 0 Å². The van der Waals surface area contributed by atoms with Gasteiger partial charge in [-0.25, -0.2) is 9.97 Å². The lowest BCUT2D eigenvalue weighted by Crippen LogP contribution is -2.16. The second kappa shape index (κ2) is 7.99. The average molecular weight is 479 g/mol. The fourth-order valence-electron chi connectivity index (χ4n) is 4.98. The first-order chi connectivity index (χ1) is 17.5. The molecule has 2 aliphatic carbocycles. The van der Waals surface area contributed by atoms with Crippen LogP contribution in [0.5, 0.6) is 11.5 Å². The molecule has 0 bridgehead atoms. The number of allylic oxidation sites excluding steroid dienone is 2. The molecule has 0 unspecified atom stereocenters. The number of hydrogen-bond acceptors (Lipinski definition) is 6. The second-order valence-electron chi connectivity index (χ2n) is 9.94. The number of nitrogens with one attached hydrogen (secondary N) is 1. The summed E-state index contributed by atoms with van der Waals surface area (Å²) in [5.41, 5.74) is 6.79. The molecule has 2 N–H and O–H groups in total. The van der Waals surface area contributed by atoms with Gasteiger partial charge in [0.25, 0.3) is 0 Å². The van der Waals surface area contributed by atoms with E-state index in [2.05, 4.69) is 21.1 Å². The number of rotatable bonds is 6. The molecule has 0 saturated heterocycles. The van der Waals surface area contributed by atoms with Gasteiger partial charge in [0, 0.05) is 23.4 Å². The van der Waals surface area contributed by atoms with Crippen LogP contribution in [-0.4, -0.2) is 40.4 Å². The van der Waals surface area contributed by atoms with E-state index in [1.54, 1.807) is 17.1 Å². The maximum absolute atomic E-state index is 10.3. The molecule has 0 spiro atoms. The molecule has 0 amide bonds. The molecular weight excluding hydrogens is 452 g/mol. The first-order valence-electron chi connectivity index (χ1n) is 12.4.